The maximum Gasteiger partial charge on any atom is 0.416 e. The normalized spacial score (nSPS) is 16.1. The zero-order chi connectivity index (χ0) is 25.0. The summed E-state index contributed by atoms with van der Waals surface area (Å²) in [6, 6.07) is 10.1. The average Bonchev–Trinajstić information content (AvgIpc) is 3.32. The van der Waals surface area contributed by atoms with Gasteiger partial charge in [0.1, 0.15) is 17.6 Å². The van der Waals surface area contributed by atoms with Crippen molar-refractivity contribution >= 4 is 34.0 Å². The van der Waals surface area contributed by atoms with Gasteiger partial charge in [-0.1, -0.05) is 24.3 Å². The number of alkyl halides is 3. The van der Waals surface area contributed by atoms with Crippen molar-refractivity contribution in [3.8, 4) is 0 Å². The number of aromatic nitrogens is 1. The van der Waals surface area contributed by atoms with Crippen LogP contribution in [0.3, 0.4) is 0 Å². The van der Waals surface area contributed by atoms with E-state index in [2.05, 4.69) is 15.6 Å². The van der Waals surface area contributed by atoms with Crippen molar-refractivity contribution < 1.29 is 27.2 Å². The number of piperidine rings is 1. The number of thiazole rings is 1. The molecular weight excluding hydrogens is 484 g/mol. The number of benzene rings is 2. The van der Waals surface area contributed by atoms with Gasteiger partial charge < -0.3 is 15.5 Å². The van der Waals surface area contributed by atoms with E-state index in [9.17, 15) is 27.2 Å². The van der Waals surface area contributed by atoms with Crippen LogP contribution in [-0.2, 0) is 17.5 Å². The van der Waals surface area contributed by atoms with Crippen molar-refractivity contribution in [3.63, 3.8) is 0 Å². The van der Waals surface area contributed by atoms with Crippen LogP contribution in [-0.4, -0.2) is 34.3 Å². The Bertz CT molecular complexity index is 1210. The van der Waals surface area contributed by atoms with E-state index in [4.69, 9.17) is 0 Å². The zero-order valence-corrected chi connectivity index (χ0v) is 19.3. The first kappa shape index (κ1) is 24.6. The summed E-state index contributed by atoms with van der Waals surface area (Å²) < 4.78 is 52.7. The Morgan fingerprint density at radius 3 is 2.69 bits per heavy atom. The highest BCUT2D eigenvalue weighted by Gasteiger charge is 2.34. The Balaban J connectivity index is 1.42. The summed E-state index contributed by atoms with van der Waals surface area (Å²) in [4.78, 5) is 31.7. The molecule has 1 fully saturated rings. The number of anilines is 2. The minimum absolute atomic E-state index is 0.0886. The number of carbonyl (C=O) groups excluding carboxylic acids is 2. The Morgan fingerprint density at radius 1 is 1.11 bits per heavy atom. The van der Waals surface area contributed by atoms with E-state index in [0.717, 1.165) is 29.9 Å². The van der Waals surface area contributed by atoms with E-state index >= 15 is 0 Å². The standard InChI is InChI=1S/C24H22F4N4O2S/c25-17-8-1-2-9-18(17)30-23-31-19(14-35-23)22(34)32-11-4-3-10-20(32)21(33)29-13-15-6-5-7-16(12-15)24(26,27)28/h1-2,5-9,12,14,20H,3-4,10-11,13H2,(H,29,33)(H,30,31)/t20-/m1/s1. The number of amides is 2. The van der Waals surface area contributed by atoms with Gasteiger partial charge in [0, 0.05) is 18.5 Å². The first-order chi connectivity index (χ1) is 16.7. The van der Waals surface area contributed by atoms with Gasteiger partial charge in [0.2, 0.25) is 5.91 Å². The number of likely N-dealkylation sites (tertiary alicyclic amines) is 1. The second kappa shape index (κ2) is 10.4. The SMILES string of the molecule is O=C(NCc1cccc(C(F)(F)F)c1)[C@H]1CCCCN1C(=O)c1csc(Nc2ccccc2F)n1. The molecule has 0 unspecified atom stereocenters. The van der Waals surface area contributed by atoms with E-state index in [1.807, 2.05) is 0 Å². The molecule has 35 heavy (non-hydrogen) atoms. The van der Waals surface area contributed by atoms with E-state index in [1.165, 1.54) is 28.5 Å². The topological polar surface area (TPSA) is 74.3 Å². The van der Waals surface area contributed by atoms with Crippen LogP contribution < -0.4 is 10.6 Å². The molecule has 0 aliphatic carbocycles. The van der Waals surface area contributed by atoms with Crippen molar-refractivity contribution in [1.29, 1.82) is 0 Å². The molecule has 4 rings (SSSR count). The quantitative estimate of drug-likeness (QED) is 0.442. The van der Waals surface area contributed by atoms with Crippen LogP contribution in [0.4, 0.5) is 28.4 Å². The number of halogens is 4. The predicted molar refractivity (Wildman–Crippen MR) is 124 cm³/mol. The summed E-state index contributed by atoms with van der Waals surface area (Å²) in [5, 5.41) is 7.37. The average molecular weight is 507 g/mol. The fourth-order valence-electron chi connectivity index (χ4n) is 3.87. The second-order valence-electron chi connectivity index (χ2n) is 8.07. The molecule has 11 heteroatoms. The maximum atomic E-state index is 13.9. The minimum atomic E-state index is -4.47. The van der Waals surface area contributed by atoms with E-state index in [1.54, 1.807) is 18.2 Å². The van der Waals surface area contributed by atoms with Crippen molar-refractivity contribution in [2.45, 2.75) is 38.0 Å². The van der Waals surface area contributed by atoms with Crippen LogP contribution in [0.5, 0.6) is 0 Å². The van der Waals surface area contributed by atoms with Gasteiger partial charge in [0.05, 0.1) is 11.3 Å². The van der Waals surface area contributed by atoms with E-state index in [-0.39, 0.29) is 17.9 Å². The lowest BCUT2D eigenvalue weighted by molar-refractivity contribution is -0.137. The fourth-order valence-corrected chi connectivity index (χ4v) is 4.56. The number of rotatable bonds is 6. The lowest BCUT2D eigenvalue weighted by Crippen LogP contribution is -2.51. The molecule has 1 aliphatic rings. The van der Waals surface area contributed by atoms with Crippen LogP contribution in [0.2, 0.25) is 0 Å². The third-order valence-corrected chi connectivity index (χ3v) is 6.38. The minimum Gasteiger partial charge on any atom is -0.350 e. The summed E-state index contributed by atoms with van der Waals surface area (Å²) in [6.07, 6.45) is -2.58. The van der Waals surface area contributed by atoms with E-state index in [0.29, 0.717) is 30.1 Å². The molecule has 1 aliphatic heterocycles. The highest BCUT2D eigenvalue weighted by molar-refractivity contribution is 7.14. The summed E-state index contributed by atoms with van der Waals surface area (Å²) in [7, 11) is 0. The van der Waals surface area contributed by atoms with Gasteiger partial charge in [-0.3, -0.25) is 9.59 Å². The van der Waals surface area contributed by atoms with Crippen LogP contribution in [0.15, 0.2) is 53.9 Å². The number of carbonyl (C=O) groups is 2. The lowest BCUT2D eigenvalue weighted by Gasteiger charge is -2.34. The van der Waals surface area contributed by atoms with Gasteiger partial charge in [-0.05, 0) is 49.1 Å². The molecule has 1 saturated heterocycles. The molecule has 184 valence electrons. The predicted octanol–water partition coefficient (Wildman–Crippen LogP) is 5.36. The molecule has 0 saturated carbocycles. The van der Waals surface area contributed by atoms with Gasteiger partial charge in [-0.15, -0.1) is 11.3 Å². The Kier molecular flexibility index (Phi) is 7.34. The molecule has 6 nitrogen and oxygen atoms in total. The first-order valence-corrected chi connectivity index (χ1v) is 11.8. The molecule has 2 N–H and O–H groups in total. The van der Waals surface area contributed by atoms with Crippen molar-refractivity contribution in [2.24, 2.45) is 0 Å². The van der Waals surface area contributed by atoms with Gasteiger partial charge >= 0.3 is 6.18 Å². The maximum absolute atomic E-state index is 13.9. The van der Waals surface area contributed by atoms with Crippen LogP contribution >= 0.6 is 11.3 Å². The van der Waals surface area contributed by atoms with E-state index < -0.39 is 35.4 Å². The lowest BCUT2D eigenvalue weighted by atomic mass is 10.0. The summed E-state index contributed by atoms with van der Waals surface area (Å²) >= 11 is 1.14. The van der Waals surface area contributed by atoms with Gasteiger partial charge in [0.15, 0.2) is 5.13 Å². The monoisotopic (exact) mass is 506 g/mol. The molecule has 0 bridgehead atoms. The molecule has 0 radical (unpaired) electrons. The molecule has 1 aromatic heterocycles. The van der Waals surface area contributed by atoms with Crippen LogP contribution in [0.25, 0.3) is 0 Å². The third-order valence-electron chi connectivity index (χ3n) is 5.63. The summed E-state index contributed by atoms with van der Waals surface area (Å²) in [5.74, 6) is -1.32. The van der Waals surface area contributed by atoms with Crippen molar-refractivity contribution in [3.05, 3.63) is 76.5 Å². The number of nitrogens with one attached hydrogen (secondary N) is 2. The zero-order valence-electron chi connectivity index (χ0n) is 18.4. The smallest absolute Gasteiger partial charge is 0.350 e. The second-order valence-corrected chi connectivity index (χ2v) is 8.93. The summed E-state index contributed by atoms with van der Waals surface area (Å²) in [6.45, 7) is 0.267. The van der Waals surface area contributed by atoms with Crippen molar-refractivity contribution in [1.82, 2.24) is 15.2 Å². The molecule has 2 heterocycles. The fraction of sp³-hybridized carbons (Fsp3) is 0.292. The Hall–Kier alpha value is -3.47. The number of para-hydroxylation sites is 1. The Labute approximate surface area is 203 Å². The number of nitrogens with zero attached hydrogens (tertiary/aromatic N) is 2. The van der Waals surface area contributed by atoms with Crippen molar-refractivity contribution in [2.75, 3.05) is 11.9 Å². The number of hydrogen-bond donors (Lipinski definition) is 2. The molecule has 0 spiro atoms. The molecule has 3 aromatic rings. The molecule has 2 aromatic carbocycles. The van der Waals surface area contributed by atoms with Gasteiger partial charge in [0.25, 0.3) is 5.91 Å². The highest BCUT2D eigenvalue weighted by Crippen LogP contribution is 2.30. The molecule has 2 amide bonds. The third kappa shape index (κ3) is 5.97. The first-order valence-electron chi connectivity index (χ1n) is 10.9. The molecule has 1 atom stereocenters. The van der Waals surface area contributed by atoms with Gasteiger partial charge in [-0.25, -0.2) is 9.37 Å². The highest BCUT2D eigenvalue weighted by atomic mass is 32.1. The largest absolute Gasteiger partial charge is 0.416 e. The Morgan fingerprint density at radius 2 is 1.91 bits per heavy atom. The molecular formula is C24H22F4N4O2S. The number of hydrogen-bond acceptors (Lipinski definition) is 5. The summed E-state index contributed by atoms with van der Waals surface area (Å²) in [5.41, 5.74) is -0.121. The van der Waals surface area contributed by atoms with Gasteiger partial charge in [-0.2, -0.15) is 13.2 Å². The van der Waals surface area contributed by atoms with Crippen LogP contribution in [0.1, 0.15) is 40.9 Å². The van der Waals surface area contributed by atoms with Crippen LogP contribution in [0, 0.1) is 5.82 Å².